The second-order valence-corrected chi connectivity index (χ2v) is 4.41. The van der Waals surface area contributed by atoms with Crippen LogP contribution in [-0.4, -0.2) is 32.3 Å². The van der Waals surface area contributed by atoms with Gasteiger partial charge in [0.2, 0.25) is 0 Å². The maximum absolute atomic E-state index is 10.9. The number of methoxy groups -OCH3 is 1. The van der Waals surface area contributed by atoms with E-state index in [0.29, 0.717) is 12.3 Å². The monoisotopic (exact) mass is 231 g/mol. The summed E-state index contributed by atoms with van der Waals surface area (Å²) in [4.78, 5) is 10.9. The van der Waals surface area contributed by atoms with Crippen LogP contribution in [0.2, 0.25) is 0 Å². The minimum atomic E-state index is -0.134. The van der Waals surface area contributed by atoms with Gasteiger partial charge in [-0.15, -0.1) is 0 Å². The molecular weight excluding hydrogens is 206 g/mol. The number of carbonyl (C=O) groups is 1. The Bertz CT molecular complexity index is 183. The number of ether oxygens (including phenoxy) is 2. The van der Waals surface area contributed by atoms with Gasteiger partial charge in [-0.1, -0.05) is 6.92 Å². The van der Waals surface area contributed by atoms with Crippen molar-refractivity contribution in [1.29, 1.82) is 0 Å². The van der Waals surface area contributed by atoms with Crippen molar-refractivity contribution in [3.05, 3.63) is 0 Å². The molecule has 0 fully saturated rings. The summed E-state index contributed by atoms with van der Waals surface area (Å²) in [6.45, 7) is 5.57. The first kappa shape index (κ1) is 15.4. The van der Waals surface area contributed by atoms with Crippen molar-refractivity contribution in [1.82, 2.24) is 0 Å². The molecule has 0 spiro atoms. The Morgan fingerprint density at radius 1 is 1.31 bits per heavy atom. The molecule has 0 aromatic carbocycles. The van der Waals surface area contributed by atoms with E-state index >= 15 is 0 Å². The summed E-state index contributed by atoms with van der Waals surface area (Å²) >= 11 is 0. The summed E-state index contributed by atoms with van der Waals surface area (Å²) in [6.07, 6.45) is 3.26. The fourth-order valence-electron chi connectivity index (χ4n) is 1.33. The summed E-state index contributed by atoms with van der Waals surface area (Å²) in [7, 11) is 1.42. The summed E-state index contributed by atoms with van der Waals surface area (Å²) in [5.74, 6) is 0.350. The molecule has 0 heterocycles. The lowest BCUT2D eigenvalue weighted by molar-refractivity contribution is -0.140. The van der Waals surface area contributed by atoms with Crippen LogP contribution in [0.5, 0.6) is 0 Å². The van der Waals surface area contributed by atoms with Crippen LogP contribution in [0, 0.1) is 5.92 Å². The molecule has 96 valence electrons. The van der Waals surface area contributed by atoms with Gasteiger partial charge in [-0.2, -0.15) is 0 Å². The van der Waals surface area contributed by atoms with Gasteiger partial charge in [0, 0.05) is 25.7 Å². The van der Waals surface area contributed by atoms with Crippen LogP contribution in [-0.2, 0) is 14.3 Å². The summed E-state index contributed by atoms with van der Waals surface area (Å²) in [5, 5.41) is 0. The molecule has 2 N–H and O–H groups in total. The van der Waals surface area contributed by atoms with E-state index in [9.17, 15) is 4.79 Å². The molecule has 4 heteroatoms. The van der Waals surface area contributed by atoms with Gasteiger partial charge in [0.1, 0.15) is 0 Å². The molecule has 0 aromatic heterocycles. The van der Waals surface area contributed by atoms with Crippen molar-refractivity contribution in [3.63, 3.8) is 0 Å². The molecule has 0 rings (SSSR count). The molecule has 0 bridgehead atoms. The van der Waals surface area contributed by atoms with E-state index in [2.05, 4.69) is 11.7 Å². The highest BCUT2D eigenvalue weighted by Crippen LogP contribution is 2.09. The van der Waals surface area contributed by atoms with Gasteiger partial charge >= 0.3 is 5.97 Å². The van der Waals surface area contributed by atoms with Crippen LogP contribution in [0.3, 0.4) is 0 Å². The molecule has 16 heavy (non-hydrogen) atoms. The average molecular weight is 231 g/mol. The Labute approximate surface area is 98.5 Å². The maximum atomic E-state index is 10.9. The van der Waals surface area contributed by atoms with Crippen LogP contribution >= 0.6 is 0 Å². The van der Waals surface area contributed by atoms with Gasteiger partial charge in [-0.3, -0.25) is 4.79 Å². The predicted molar refractivity (Wildman–Crippen MR) is 64.1 cm³/mol. The molecule has 0 saturated carbocycles. The van der Waals surface area contributed by atoms with Crippen molar-refractivity contribution in [2.24, 2.45) is 11.7 Å². The molecule has 2 unspecified atom stereocenters. The third-order valence-corrected chi connectivity index (χ3v) is 2.43. The average Bonchev–Trinajstić information content (AvgIpc) is 2.24. The van der Waals surface area contributed by atoms with Gasteiger partial charge in [0.25, 0.3) is 0 Å². The minimum absolute atomic E-state index is 0.134. The van der Waals surface area contributed by atoms with Gasteiger partial charge in [0.05, 0.1) is 7.11 Å². The Hall–Kier alpha value is -0.610. The molecule has 0 aliphatic carbocycles. The van der Waals surface area contributed by atoms with Crippen molar-refractivity contribution in [2.45, 2.75) is 45.6 Å². The molecule has 0 aromatic rings. The summed E-state index contributed by atoms with van der Waals surface area (Å²) in [5.41, 5.74) is 5.61. The highest BCUT2D eigenvalue weighted by Gasteiger charge is 2.05. The van der Waals surface area contributed by atoms with Gasteiger partial charge in [-0.25, -0.2) is 0 Å². The first-order chi connectivity index (χ1) is 7.56. The molecule has 0 aliphatic heterocycles. The van der Waals surface area contributed by atoms with Crippen LogP contribution < -0.4 is 5.73 Å². The molecule has 0 saturated heterocycles. The predicted octanol–water partition coefficient (Wildman–Crippen LogP) is 1.72. The second-order valence-electron chi connectivity index (χ2n) is 4.41. The Morgan fingerprint density at radius 2 is 2.00 bits per heavy atom. The van der Waals surface area contributed by atoms with Gasteiger partial charge < -0.3 is 15.2 Å². The number of hydrogen-bond acceptors (Lipinski definition) is 4. The number of esters is 1. The second kappa shape index (κ2) is 9.60. The summed E-state index contributed by atoms with van der Waals surface area (Å²) in [6, 6.07) is 0.203. The van der Waals surface area contributed by atoms with Crippen molar-refractivity contribution < 1.29 is 14.3 Å². The van der Waals surface area contributed by atoms with E-state index in [0.717, 1.165) is 32.5 Å². The summed E-state index contributed by atoms with van der Waals surface area (Å²) < 4.78 is 10.1. The molecule has 0 radical (unpaired) electrons. The van der Waals surface area contributed by atoms with Gasteiger partial charge in [-0.05, 0) is 32.1 Å². The molecule has 2 atom stereocenters. The number of nitrogens with two attached hydrogens (primary N) is 1. The molecular formula is C12H25NO3. The van der Waals surface area contributed by atoms with E-state index in [1.165, 1.54) is 7.11 Å². The minimum Gasteiger partial charge on any atom is -0.469 e. The quantitative estimate of drug-likeness (QED) is 0.485. The first-order valence-electron chi connectivity index (χ1n) is 5.96. The lowest BCUT2D eigenvalue weighted by atomic mass is 10.1. The zero-order chi connectivity index (χ0) is 12.4. The van der Waals surface area contributed by atoms with Crippen LogP contribution in [0.1, 0.15) is 39.5 Å². The number of carbonyl (C=O) groups excluding carboxylic acids is 1. The Morgan fingerprint density at radius 3 is 2.56 bits per heavy atom. The fraction of sp³-hybridized carbons (Fsp3) is 0.917. The molecule has 0 amide bonds. The van der Waals surface area contributed by atoms with E-state index < -0.39 is 0 Å². The smallest absolute Gasteiger partial charge is 0.305 e. The highest BCUT2D eigenvalue weighted by molar-refractivity contribution is 5.68. The normalized spacial score (nSPS) is 14.5. The lowest BCUT2D eigenvalue weighted by Crippen LogP contribution is -2.18. The number of hydrogen-bond donors (Lipinski definition) is 1. The SMILES string of the molecule is COC(=O)CCCC(C)COCCC(C)N. The van der Waals surface area contributed by atoms with E-state index in [1.54, 1.807) is 0 Å². The number of rotatable bonds is 9. The van der Waals surface area contributed by atoms with E-state index in [-0.39, 0.29) is 12.0 Å². The maximum Gasteiger partial charge on any atom is 0.305 e. The lowest BCUT2D eigenvalue weighted by Gasteiger charge is -2.12. The van der Waals surface area contributed by atoms with Crippen molar-refractivity contribution in [3.8, 4) is 0 Å². The Kier molecular flexibility index (Phi) is 9.24. The molecule has 0 aliphatic rings. The van der Waals surface area contributed by atoms with Crippen LogP contribution in [0.25, 0.3) is 0 Å². The van der Waals surface area contributed by atoms with Crippen LogP contribution in [0.15, 0.2) is 0 Å². The standard InChI is InChI=1S/C12H25NO3/c1-10(5-4-6-12(14)15-3)9-16-8-7-11(2)13/h10-11H,4-9,13H2,1-3H3. The van der Waals surface area contributed by atoms with E-state index in [1.807, 2.05) is 6.92 Å². The van der Waals surface area contributed by atoms with Crippen molar-refractivity contribution >= 4 is 5.97 Å². The zero-order valence-electron chi connectivity index (χ0n) is 10.7. The fourth-order valence-corrected chi connectivity index (χ4v) is 1.33. The Balaban J connectivity index is 3.31. The molecule has 4 nitrogen and oxygen atoms in total. The third kappa shape index (κ3) is 9.93. The van der Waals surface area contributed by atoms with Gasteiger partial charge in [0.15, 0.2) is 0 Å². The first-order valence-corrected chi connectivity index (χ1v) is 5.96. The van der Waals surface area contributed by atoms with Crippen molar-refractivity contribution in [2.75, 3.05) is 20.3 Å². The zero-order valence-corrected chi connectivity index (χ0v) is 10.7. The van der Waals surface area contributed by atoms with E-state index in [4.69, 9.17) is 10.5 Å². The highest BCUT2D eigenvalue weighted by atomic mass is 16.5. The largest absolute Gasteiger partial charge is 0.469 e. The third-order valence-electron chi connectivity index (χ3n) is 2.43. The van der Waals surface area contributed by atoms with Crippen LogP contribution in [0.4, 0.5) is 0 Å². The topological polar surface area (TPSA) is 61.5 Å².